The van der Waals surface area contributed by atoms with E-state index in [9.17, 15) is 0 Å². The molecule has 0 aliphatic carbocycles. The summed E-state index contributed by atoms with van der Waals surface area (Å²) < 4.78 is 29.5. The number of rotatable bonds is 9. The van der Waals surface area contributed by atoms with E-state index in [1.807, 2.05) is 6.20 Å². The smallest absolute Gasteiger partial charge is 0.452 e. The molecule has 8 aromatic rings. The number of ether oxygens (including phenoxy) is 1. The van der Waals surface area contributed by atoms with Gasteiger partial charge >= 0.3 is 21.4 Å². The highest BCUT2D eigenvalue weighted by atomic mass is 16.7. The SMILES string of the molecule is CC(C)(C)B1OB(c2cccc(-c3cc(C(C)(C)C)cc(C(C)(C)C)c3)c2N2CN(c3cccc(COCc4ccc5c6ccccc6n(-c6cc(C(C)(C)C)ccn6)c5c4)c3)c3ccccc32)OB(C(C)(C)C)O1. The molecular formula is C64H75B3N4O4. The average molecular weight is 997 g/mol. The Morgan fingerprint density at radius 3 is 1.73 bits per heavy atom. The lowest BCUT2D eigenvalue weighted by atomic mass is 9.50. The van der Waals surface area contributed by atoms with Crippen LogP contribution in [0, 0.1) is 0 Å². The number of pyridine rings is 1. The third-order valence-electron chi connectivity index (χ3n) is 14.8. The first-order valence-corrected chi connectivity index (χ1v) is 26.9. The molecule has 0 atom stereocenters. The largest absolute Gasteiger partial charge is 0.468 e. The summed E-state index contributed by atoms with van der Waals surface area (Å²) >= 11 is 0. The van der Waals surface area contributed by atoms with Crippen LogP contribution < -0.4 is 15.3 Å². The molecule has 11 heteroatoms. The maximum absolute atomic E-state index is 6.97. The van der Waals surface area contributed by atoms with Crippen LogP contribution in [0.15, 0.2) is 146 Å². The maximum atomic E-state index is 6.97. The van der Waals surface area contributed by atoms with E-state index < -0.39 is 21.4 Å². The van der Waals surface area contributed by atoms with Crippen LogP contribution in [0.5, 0.6) is 0 Å². The van der Waals surface area contributed by atoms with Crippen LogP contribution in [-0.4, -0.2) is 37.6 Å². The molecular weight excluding hydrogens is 921 g/mol. The number of aromatic nitrogens is 2. The Labute approximate surface area is 448 Å². The Balaban J connectivity index is 1.000. The predicted molar refractivity (Wildman–Crippen MR) is 317 cm³/mol. The van der Waals surface area contributed by atoms with Gasteiger partial charge in [-0.15, -0.1) is 0 Å². The number of anilines is 4. The quantitative estimate of drug-likeness (QED) is 0.134. The molecule has 0 amide bonds. The highest BCUT2D eigenvalue weighted by Gasteiger charge is 2.52. The Morgan fingerprint density at radius 1 is 0.507 bits per heavy atom. The highest BCUT2D eigenvalue weighted by molar-refractivity contribution is 6.81. The molecule has 8 nitrogen and oxygen atoms in total. The van der Waals surface area contributed by atoms with E-state index >= 15 is 0 Å². The molecule has 75 heavy (non-hydrogen) atoms. The zero-order valence-corrected chi connectivity index (χ0v) is 47.1. The van der Waals surface area contributed by atoms with Crippen molar-refractivity contribution in [3.05, 3.63) is 174 Å². The third-order valence-corrected chi connectivity index (χ3v) is 14.8. The average Bonchev–Trinajstić information content (AvgIpc) is 3.91. The molecule has 10 rings (SSSR count). The van der Waals surface area contributed by atoms with Gasteiger partial charge in [-0.1, -0.05) is 195 Å². The molecule has 0 spiro atoms. The van der Waals surface area contributed by atoms with Gasteiger partial charge in [0.05, 0.1) is 41.3 Å². The summed E-state index contributed by atoms with van der Waals surface area (Å²) in [6.07, 6.45) is 1.93. The van der Waals surface area contributed by atoms with Gasteiger partial charge in [0.25, 0.3) is 0 Å². The van der Waals surface area contributed by atoms with E-state index in [0.29, 0.717) is 19.9 Å². The molecule has 4 heterocycles. The standard InChI is InChI=1S/C64H75B3N4O4/c1-60(2,3)46-32-33-68-58(39-46)71-54-27-17-16-24-51(54)52-31-30-44(35-57(52)71)41-72-40-43-22-20-23-49(34-43)69-42-70(56-29-19-18-28-55(56)69)59-50(45-36-47(61(4,5)6)38-48(37-45)62(7,8)9)25-21-26-53(59)65-73-66(63(10,11)12)75-67(74-65)64(13,14)15/h16-39H,40-42H2,1-15H3. The van der Waals surface area contributed by atoms with Crippen LogP contribution in [0.1, 0.15) is 132 Å². The summed E-state index contributed by atoms with van der Waals surface area (Å²) in [5.74, 6) is 0.920. The minimum atomic E-state index is -0.697. The third kappa shape index (κ3) is 10.6. The van der Waals surface area contributed by atoms with Crippen LogP contribution in [0.2, 0.25) is 10.6 Å². The monoisotopic (exact) mass is 997 g/mol. The zero-order valence-electron chi connectivity index (χ0n) is 47.1. The molecule has 1 fully saturated rings. The second-order valence-corrected chi connectivity index (χ2v) is 26.2. The van der Waals surface area contributed by atoms with Crippen molar-refractivity contribution in [1.29, 1.82) is 0 Å². The molecule has 2 aliphatic rings. The van der Waals surface area contributed by atoms with Crippen LogP contribution in [0.3, 0.4) is 0 Å². The summed E-state index contributed by atoms with van der Waals surface area (Å²) in [6.45, 7) is 35.1. The minimum absolute atomic E-state index is 0.00245. The van der Waals surface area contributed by atoms with E-state index in [1.165, 1.54) is 27.5 Å². The van der Waals surface area contributed by atoms with E-state index in [0.717, 1.165) is 67.3 Å². The van der Waals surface area contributed by atoms with E-state index in [2.05, 4.69) is 258 Å². The van der Waals surface area contributed by atoms with Gasteiger partial charge in [-0.2, -0.15) is 0 Å². The molecule has 2 aliphatic heterocycles. The molecule has 384 valence electrons. The Morgan fingerprint density at radius 2 is 1.09 bits per heavy atom. The highest BCUT2D eigenvalue weighted by Crippen LogP contribution is 2.48. The van der Waals surface area contributed by atoms with Gasteiger partial charge in [-0.3, -0.25) is 4.57 Å². The lowest BCUT2D eigenvalue weighted by molar-refractivity contribution is 0.107. The molecule has 0 unspecified atom stereocenters. The zero-order chi connectivity index (χ0) is 53.4. The molecule has 0 bridgehead atoms. The fourth-order valence-corrected chi connectivity index (χ4v) is 10.4. The number of para-hydroxylation sites is 4. The Hall–Kier alpha value is -6.10. The number of fused-ring (bicyclic) bond motifs is 4. The van der Waals surface area contributed by atoms with Gasteiger partial charge in [0.15, 0.2) is 0 Å². The first-order valence-electron chi connectivity index (χ1n) is 26.9. The molecule has 2 aromatic heterocycles. The maximum Gasteiger partial charge on any atom is 0.468 e. The first-order chi connectivity index (χ1) is 35.3. The van der Waals surface area contributed by atoms with Gasteiger partial charge in [-0.25, -0.2) is 4.98 Å². The van der Waals surface area contributed by atoms with Crippen molar-refractivity contribution in [1.82, 2.24) is 9.55 Å². The van der Waals surface area contributed by atoms with Crippen LogP contribution >= 0.6 is 0 Å². The van der Waals surface area contributed by atoms with Crippen LogP contribution in [0.25, 0.3) is 38.8 Å². The Kier molecular flexibility index (Phi) is 13.6. The number of hydrogen-bond acceptors (Lipinski definition) is 7. The van der Waals surface area contributed by atoms with Gasteiger partial charge < -0.3 is 28.3 Å². The van der Waals surface area contributed by atoms with Crippen molar-refractivity contribution in [2.45, 2.75) is 144 Å². The number of nitrogens with zero attached hydrogens (tertiary/aromatic N) is 4. The summed E-state index contributed by atoms with van der Waals surface area (Å²) in [7, 11) is -1.69. The van der Waals surface area contributed by atoms with Crippen molar-refractivity contribution in [2.24, 2.45) is 0 Å². The van der Waals surface area contributed by atoms with Gasteiger partial charge in [-0.05, 0) is 109 Å². The van der Waals surface area contributed by atoms with Gasteiger partial charge in [0.1, 0.15) is 12.5 Å². The normalized spacial score (nSPS) is 14.9. The molecule has 6 aromatic carbocycles. The minimum Gasteiger partial charge on any atom is -0.452 e. The van der Waals surface area contributed by atoms with Crippen LogP contribution in [0.4, 0.5) is 22.7 Å². The summed E-state index contributed by atoms with van der Waals surface area (Å²) in [5, 5.41) is 1.80. The second-order valence-electron chi connectivity index (χ2n) is 26.2. The van der Waals surface area contributed by atoms with Crippen molar-refractivity contribution in [3.8, 4) is 16.9 Å². The van der Waals surface area contributed by atoms with E-state index in [4.69, 9.17) is 23.4 Å². The lowest BCUT2D eigenvalue weighted by Crippen LogP contribution is -2.59. The molecule has 0 saturated carbocycles. The van der Waals surface area contributed by atoms with Crippen molar-refractivity contribution < 1.29 is 18.5 Å². The summed E-state index contributed by atoms with van der Waals surface area (Å²) in [4.78, 5) is 9.79. The first kappa shape index (κ1) is 52.4. The Bertz CT molecular complexity index is 3350. The van der Waals surface area contributed by atoms with Gasteiger partial charge in [0, 0.05) is 33.7 Å². The fourth-order valence-electron chi connectivity index (χ4n) is 10.4. The second kappa shape index (κ2) is 19.5. The summed E-state index contributed by atoms with van der Waals surface area (Å²) in [5.41, 5.74) is 15.8. The number of hydrogen-bond donors (Lipinski definition) is 0. The van der Waals surface area contributed by atoms with Crippen molar-refractivity contribution in [2.75, 3.05) is 16.5 Å². The number of benzene rings is 6. The molecule has 0 N–H and O–H groups in total. The van der Waals surface area contributed by atoms with E-state index in [-0.39, 0.29) is 26.9 Å². The predicted octanol–water partition coefficient (Wildman–Crippen LogP) is 16.0. The van der Waals surface area contributed by atoms with Crippen LogP contribution in [-0.2, 0) is 47.9 Å². The molecule has 0 radical (unpaired) electrons. The van der Waals surface area contributed by atoms with Gasteiger partial charge in [0.2, 0.25) is 0 Å². The fraction of sp³-hybridized carbons (Fsp3) is 0.359. The summed E-state index contributed by atoms with van der Waals surface area (Å²) in [6, 6.07) is 51.0. The van der Waals surface area contributed by atoms with Crippen molar-refractivity contribution in [3.63, 3.8) is 0 Å². The van der Waals surface area contributed by atoms with Crippen molar-refractivity contribution >= 4 is 71.4 Å². The van der Waals surface area contributed by atoms with E-state index in [1.54, 1.807) is 0 Å². The lowest BCUT2D eigenvalue weighted by Gasteiger charge is -2.41. The molecule has 1 saturated heterocycles. The topological polar surface area (TPSA) is 61.2 Å².